The van der Waals surface area contributed by atoms with Gasteiger partial charge in [-0.25, -0.2) is 4.98 Å². The zero-order chi connectivity index (χ0) is 13.1. The molecule has 2 heterocycles. The van der Waals surface area contributed by atoms with Crippen LogP contribution in [0.4, 0.5) is 5.82 Å². The topological polar surface area (TPSA) is 122 Å². The van der Waals surface area contributed by atoms with Gasteiger partial charge < -0.3 is 21.4 Å². The SMILES string of the molecule is N=C1CN(Nc2ncccc2O)N(CCO)C1N. The van der Waals surface area contributed by atoms with Gasteiger partial charge in [-0.3, -0.25) is 5.43 Å². The van der Waals surface area contributed by atoms with Crippen LogP contribution in [0.15, 0.2) is 18.3 Å². The molecule has 0 aromatic carbocycles. The minimum absolute atomic E-state index is 0.00782. The van der Waals surface area contributed by atoms with E-state index in [-0.39, 0.29) is 24.7 Å². The average Bonchev–Trinajstić information content (AvgIpc) is 2.61. The summed E-state index contributed by atoms with van der Waals surface area (Å²) in [4.78, 5) is 3.98. The average molecular weight is 252 g/mol. The molecular formula is C10H16N6O2. The van der Waals surface area contributed by atoms with E-state index in [0.29, 0.717) is 12.3 Å². The quantitative estimate of drug-likeness (QED) is 0.463. The maximum Gasteiger partial charge on any atom is 0.184 e. The van der Waals surface area contributed by atoms with Gasteiger partial charge in [-0.1, -0.05) is 0 Å². The zero-order valence-corrected chi connectivity index (χ0v) is 9.74. The van der Waals surface area contributed by atoms with E-state index in [2.05, 4.69) is 10.4 Å². The van der Waals surface area contributed by atoms with Crippen molar-refractivity contribution < 1.29 is 10.2 Å². The second-order valence-corrected chi connectivity index (χ2v) is 3.90. The monoisotopic (exact) mass is 252 g/mol. The molecule has 0 spiro atoms. The number of nitrogens with zero attached hydrogens (tertiary/aromatic N) is 3. The first-order chi connectivity index (χ1) is 8.63. The van der Waals surface area contributed by atoms with E-state index in [0.717, 1.165) is 0 Å². The fraction of sp³-hybridized carbons (Fsp3) is 0.400. The van der Waals surface area contributed by atoms with Gasteiger partial charge in [0.1, 0.15) is 6.17 Å². The molecule has 1 aliphatic heterocycles. The number of aromatic nitrogens is 1. The summed E-state index contributed by atoms with van der Waals surface area (Å²) in [7, 11) is 0. The number of pyridine rings is 1. The highest BCUT2D eigenvalue weighted by Crippen LogP contribution is 2.21. The van der Waals surface area contributed by atoms with Gasteiger partial charge in [-0.05, 0) is 12.1 Å². The summed E-state index contributed by atoms with van der Waals surface area (Å²) in [5.41, 5.74) is 9.01. The van der Waals surface area contributed by atoms with Crippen LogP contribution in [-0.2, 0) is 0 Å². The summed E-state index contributed by atoms with van der Waals surface area (Å²) in [5.74, 6) is 0.288. The van der Waals surface area contributed by atoms with E-state index < -0.39 is 6.17 Å². The number of nitrogens with two attached hydrogens (primary N) is 1. The Kier molecular flexibility index (Phi) is 3.72. The second kappa shape index (κ2) is 5.27. The molecule has 0 aliphatic carbocycles. The largest absolute Gasteiger partial charge is 0.504 e. The van der Waals surface area contributed by atoms with Gasteiger partial charge in [-0.15, -0.1) is 5.12 Å². The van der Waals surface area contributed by atoms with Gasteiger partial charge in [-0.2, -0.15) is 5.01 Å². The number of hydrogen-bond donors (Lipinski definition) is 5. The highest BCUT2D eigenvalue weighted by molar-refractivity contribution is 5.89. The van der Waals surface area contributed by atoms with E-state index >= 15 is 0 Å². The minimum Gasteiger partial charge on any atom is -0.504 e. The van der Waals surface area contributed by atoms with Crippen LogP contribution < -0.4 is 11.2 Å². The van der Waals surface area contributed by atoms with Crippen LogP contribution in [0.25, 0.3) is 0 Å². The Labute approximate surface area is 104 Å². The molecule has 0 amide bonds. The molecule has 1 fully saturated rings. The van der Waals surface area contributed by atoms with Crippen molar-refractivity contribution in [2.45, 2.75) is 6.17 Å². The standard InChI is InChI=1S/C10H16N6O2/c11-7-6-16(15(4-5-17)9(7)12)14-10-8(18)2-1-3-13-10/h1-3,9,11,17-18H,4-6,12H2,(H,13,14). The molecule has 1 unspecified atom stereocenters. The highest BCUT2D eigenvalue weighted by atomic mass is 16.3. The molecular weight excluding hydrogens is 236 g/mol. The third-order valence-corrected chi connectivity index (χ3v) is 2.66. The first-order valence-corrected chi connectivity index (χ1v) is 5.52. The number of hydrazine groups is 2. The van der Waals surface area contributed by atoms with Gasteiger partial charge in [0.15, 0.2) is 11.6 Å². The van der Waals surface area contributed by atoms with Crippen molar-refractivity contribution in [2.75, 3.05) is 25.1 Å². The molecule has 6 N–H and O–H groups in total. The molecule has 1 aromatic heterocycles. The van der Waals surface area contributed by atoms with Crippen molar-refractivity contribution in [3.05, 3.63) is 18.3 Å². The van der Waals surface area contributed by atoms with E-state index in [1.807, 2.05) is 0 Å². The summed E-state index contributed by atoms with van der Waals surface area (Å²) in [5, 5.41) is 29.5. The molecule has 1 aromatic rings. The second-order valence-electron chi connectivity index (χ2n) is 3.90. The van der Waals surface area contributed by atoms with E-state index in [4.69, 9.17) is 16.2 Å². The van der Waals surface area contributed by atoms with Crippen LogP contribution >= 0.6 is 0 Å². The molecule has 1 atom stereocenters. The lowest BCUT2D eigenvalue weighted by atomic mass is 10.3. The van der Waals surface area contributed by atoms with Gasteiger partial charge in [0.05, 0.1) is 18.9 Å². The molecule has 0 radical (unpaired) electrons. The summed E-state index contributed by atoms with van der Waals surface area (Å²) >= 11 is 0. The number of anilines is 1. The van der Waals surface area contributed by atoms with Crippen LogP contribution in [0.2, 0.25) is 0 Å². The Hall–Kier alpha value is -1.74. The number of β-amino-alcohol motifs (C(OH)–C–C–N with tert-alkyl or cyclic N) is 1. The van der Waals surface area contributed by atoms with Crippen molar-refractivity contribution in [3.63, 3.8) is 0 Å². The van der Waals surface area contributed by atoms with Crippen molar-refractivity contribution in [1.82, 2.24) is 15.1 Å². The number of nitrogens with one attached hydrogen (secondary N) is 2. The zero-order valence-electron chi connectivity index (χ0n) is 9.74. The van der Waals surface area contributed by atoms with Gasteiger partial charge >= 0.3 is 0 Å². The molecule has 2 rings (SSSR count). The lowest BCUT2D eigenvalue weighted by Crippen LogP contribution is -2.49. The highest BCUT2D eigenvalue weighted by Gasteiger charge is 2.33. The van der Waals surface area contributed by atoms with E-state index in [1.54, 1.807) is 22.4 Å². The summed E-state index contributed by atoms with van der Waals surface area (Å²) < 4.78 is 0. The van der Waals surface area contributed by atoms with E-state index in [9.17, 15) is 5.11 Å². The summed E-state index contributed by atoms with van der Waals surface area (Å²) in [6, 6.07) is 3.12. The number of aliphatic hydroxyl groups excluding tert-OH is 1. The third kappa shape index (κ3) is 2.41. The molecule has 8 heteroatoms. The molecule has 0 bridgehead atoms. The predicted octanol–water partition coefficient (Wildman–Crippen LogP) is -1.06. The molecule has 1 saturated heterocycles. The fourth-order valence-corrected chi connectivity index (χ4v) is 1.75. The van der Waals surface area contributed by atoms with E-state index in [1.165, 1.54) is 6.07 Å². The lowest BCUT2D eigenvalue weighted by Gasteiger charge is -2.29. The van der Waals surface area contributed by atoms with Gasteiger partial charge in [0.2, 0.25) is 0 Å². The molecule has 8 nitrogen and oxygen atoms in total. The molecule has 1 aliphatic rings. The number of aromatic hydroxyl groups is 1. The Morgan fingerprint density at radius 1 is 1.61 bits per heavy atom. The lowest BCUT2D eigenvalue weighted by molar-refractivity contribution is 0.00837. The van der Waals surface area contributed by atoms with Crippen LogP contribution in [-0.4, -0.2) is 56.9 Å². The molecule has 0 saturated carbocycles. The normalized spacial score (nSPS) is 21.4. The predicted molar refractivity (Wildman–Crippen MR) is 65.7 cm³/mol. The van der Waals surface area contributed by atoms with Crippen LogP contribution in [0.5, 0.6) is 5.75 Å². The first kappa shape index (κ1) is 12.7. The van der Waals surface area contributed by atoms with Crippen LogP contribution in [0, 0.1) is 5.41 Å². The number of aliphatic hydroxyl groups is 1. The van der Waals surface area contributed by atoms with Gasteiger partial charge in [0.25, 0.3) is 0 Å². The molecule has 18 heavy (non-hydrogen) atoms. The smallest absolute Gasteiger partial charge is 0.184 e. The molecule has 98 valence electrons. The van der Waals surface area contributed by atoms with Crippen molar-refractivity contribution in [2.24, 2.45) is 5.73 Å². The Morgan fingerprint density at radius 3 is 3.06 bits per heavy atom. The summed E-state index contributed by atoms with van der Waals surface area (Å²) in [6.07, 6.45) is 0.968. The number of hydrogen-bond acceptors (Lipinski definition) is 8. The Bertz CT molecular complexity index is 440. The Balaban J connectivity index is 2.13. The van der Waals surface area contributed by atoms with Crippen LogP contribution in [0.3, 0.4) is 0 Å². The maximum atomic E-state index is 9.61. The number of rotatable bonds is 4. The first-order valence-electron chi connectivity index (χ1n) is 5.52. The minimum atomic E-state index is -0.574. The van der Waals surface area contributed by atoms with Crippen molar-refractivity contribution in [1.29, 1.82) is 5.41 Å². The van der Waals surface area contributed by atoms with Gasteiger partial charge in [0, 0.05) is 12.7 Å². The fourth-order valence-electron chi connectivity index (χ4n) is 1.75. The Morgan fingerprint density at radius 2 is 2.39 bits per heavy atom. The maximum absolute atomic E-state index is 9.61. The summed E-state index contributed by atoms with van der Waals surface area (Å²) in [6.45, 7) is 0.495. The van der Waals surface area contributed by atoms with Crippen molar-refractivity contribution >= 4 is 11.5 Å². The third-order valence-electron chi connectivity index (χ3n) is 2.66. The van der Waals surface area contributed by atoms with Crippen LogP contribution in [0.1, 0.15) is 0 Å². The van der Waals surface area contributed by atoms with Crippen molar-refractivity contribution in [3.8, 4) is 5.75 Å².